The summed E-state index contributed by atoms with van der Waals surface area (Å²) in [5, 5.41) is 5.49. The number of aromatic nitrogens is 2. The molecule has 0 amide bonds. The lowest BCUT2D eigenvalue weighted by Gasteiger charge is -2.05. The fourth-order valence-electron chi connectivity index (χ4n) is 1.80. The molecule has 0 fully saturated rings. The van der Waals surface area contributed by atoms with E-state index in [4.69, 9.17) is 10.5 Å². The van der Waals surface area contributed by atoms with Crippen molar-refractivity contribution in [1.82, 2.24) is 9.78 Å². The zero-order valence-electron chi connectivity index (χ0n) is 9.77. The molecule has 0 aliphatic heterocycles. The first-order valence-electron chi connectivity index (χ1n) is 5.23. The van der Waals surface area contributed by atoms with Crippen LogP contribution in [-0.4, -0.2) is 16.9 Å². The van der Waals surface area contributed by atoms with Crippen LogP contribution in [0.2, 0.25) is 0 Å². The molecule has 4 heteroatoms. The van der Waals surface area contributed by atoms with Crippen molar-refractivity contribution in [3.05, 3.63) is 30.3 Å². The van der Waals surface area contributed by atoms with Crippen molar-refractivity contribution >= 4 is 10.9 Å². The first-order valence-corrected chi connectivity index (χ1v) is 5.23. The molecule has 1 radical (unpaired) electrons. The second kappa shape index (κ2) is 4.14. The van der Waals surface area contributed by atoms with Gasteiger partial charge < -0.3 is 10.5 Å². The van der Waals surface area contributed by atoms with Crippen molar-refractivity contribution < 1.29 is 4.74 Å². The number of rotatable bonds is 3. The maximum absolute atomic E-state index is 5.99. The molecule has 85 valence electrons. The lowest BCUT2D eigenvalue weighted by Crippen LogP contribution is -2.10. The molecule has 0 spiro atoms. The fourth-order valence-corrected chi connectivity index (χ4v) is 1.80. The van der Waals surface area contributed by atoms with E-state index >= 15 is 0 Å². The highest BCUT2D eigenvalue weighted by Crippen LogP contribution is 2.27. The second-order valence-corrected chi connectivity index (χ2v) is 3.75. The van der Waals surface area contributed by atoms with Gasteiger partial charge in [0.05, 0.1) is 24.4 Å². The van der Waals surface area contributed by atoms with Gasteiger partial charge in [0.25, 0.3) is 0 Å². The standard InChI is InChI=1S/C12H16N3O/c1-4-10(13)12-9-7-8(16-3)5-6-11(9)15(2)14-12/h4-7,10H,13H2,1-3H3. The number of hydrogen-bond acceptors (Lipinski definition) is 3. The summed E-state index contributed by atoms with van der Waals surface area (Å²) in [7, 11) is 3.57. The third kappa shape index (κ3) is 1.65. The van der Waals surface area contributed by atoms with Crippen LogP contribution in [0.4, 0.5) is 0 Å². The molecule has 0 saturated carbocycles. The van der Waals surface area contributed by atoms with Crippen LogP contribution in [0, 0.1) is 6.42 Å². The van der Waals surface area contributed by atoms with Crippen LogP contribution in [0.5, 0.6) is 5.75 Å². The van der Waals surface area contributed by atoms with Crippen LogP contribution < -0.4 is 10.5 Å². The number of methoxy groups -OCH3 is 1. The second-order valence-electron chi connectivity index (χ2n) is 3.75. The summed E-state index contributed by atoms with van der Waals surface area (Å²) >= 11 is 0. The van der Waals surface area contributed by atoms with Crippen LogP contribution in [0.25, 0.3) is 10.9 Å². The molecule has 2 N–H and O–H groups in total. The summed E-state index contributed by atoms with van der Waals surface area (Å²) in [6.45, 7) is 1.94. The molecule has 1 atom stereocenters. The van der Waals surface area contributed by atoms with Gasteiger partial charge in [0.1, 0.15) is 5.75 Å². The molecule has 1 aromatic carbocycles. The van der Waals surface area contributed by atoms with Gasteiger partial charge in [-0.3, -0.25) is 4.68 Å². The summed E-state index contributed by atoms with van der Waals surface area (Å²) in [6.07, 6.45) is 1.93. The van der Waals surface area contributed by atoms with E-state index in [-0.39, 0.29) is 6.04 Å². The van der Waals surface area contributed by atoms with Gasteiger partial charge in [-0.05, 0) is 24.6 Å². The smallest absolute Gasteiger partial charge is 0.119 e. The van der Waals surface area contributed by atoms with Crippen molar-refractivity contribution in [2.24, 2.45) is 12.8 Å². The molecule has 16 heavy (non-hydrogen) atoms. The van der Waals surface area contributed by atoms with Crippen molar-refractivity contribution in [3.63, 3.8) is 0 Å². The van der Waals surface area contributed by atoms with Crippen LogP contribution in [-0.2, 0) is 7.05 Å². The Morgan fingerprint density at radius 3 is 2.88 bits per heavy atom. The van der Waals surface area contributed by atoms with Crippen molar-refractivity contribution in [1.29, 1.82) is 0 Å². The average Bonchev–Trinajstić information content (AvgIpc) is 2.65. The van der Waals surface area contributed by atoms with E-state index in [2.05, 4.69) is 5.10 Å². The van der Waals surface area contributed by atoms with E-state index in [0.717, 1.165) is 22.3 Å². The number of fused-ring (bicyclic) bond motifs is 1. The van der Waals surface area contributed by atoms with Crippen molar-refractivity contribution in [3.8, 4) is 5.75 Å². The van der Waals surface area contributed by atoms with Gasteiger partial charge in [-0.15, -0.1) is 0 Å². The van der Waals surface area contributed by atoms with Gasteiger partial charge in [0, 0.05) is 12.4 Å². The molecule has 1 unspecified atom stereocenters. The monoisotopic (exact) mass is 218 g/mol. The van der Waals surface area contributed by atoms with E-state index in [0.29, 0.717) is 0 Å². The predicted octanol–water partition coefficient (Wildman–Crippen LogP) is 1.81. The maximum atomic E-state index is 5.99. The first kappa shape index (κ1) is 11.0. The van der Waals surface area contributed by atoms with Gasteiger partial charge in [-0.25, -0.2) is 0 Å². The lowest BCUT2D eigenvalue weighted by atomic mass is 10.1. The third-order valence-corrected chi connectivity index (χ3v) is 2.76. The predicted molar refractivity (Wildman–Crippen MR) is 64.2 cm³/mol. The van der Waals surface area contributed by atoms with Gasteiger partial charge in [0.15, 0.2) is 0 Å². The number of benzene rings is 1. The molecule has 2 rings (SSSR count). The third-order valence-electron chi connectivity index (χ3n) is 2.76. The molecule has 0 aliphatic carbocycles. The quantitative estimate of drug-likeness (QED) is 0.854. The Morgan fingerprint density at radius 2 is 2.25 bits per heavy atom. The number of aryl methyl sites for hydroxylation is 1. The SMILES string of the molecule is C[CH]C(N)c1nn(C)c2ccc(OC)cc12. The van der Waals surface area contributed by atoms with Gasteiger partial charge >= 0.3 is 0 Å². The molecule has 2 aromatic rings. The molecule has 0 saturated heterocycles. The summed E-state index contributed by atoms with van der Waals surface area (Å²) in [4.78, 5) is 0. The average molecular weight is 218 g/mol. The number of nitrogens with two attached hydrogens (primary N) is 1. The topological polar surface area (TPSA) is 53.1 Å². The minimum absolute atomic E-state index is 0.143. The summed E-state index contributed by atoms with van der Waals surface area (Å²) in [5.41, 5.74) is 7.94. The number of nitrogens with zero attached hydrogens (tertiary/aromatic N) is 2. The minimum Gasteiger partial charge on any atom is -0.497 e. The van der Waals surface area contributed by atoms with Crippen LogP contribution >= 0.6 is 0 Å². The zero-order valence-corrected chi connectivity index (χ0v) is 9.77. The highest BCUT2D eigenvalue weighted by Gasteiger charge is 2.14. The summed E-state index contributed by atoms with van der Waals surface area (Å²) < 4.78 is 7.05. The van der Waals surface area contributed by atoms with E-state index in [1.165, 1.54) is 0 Å². The van der Waals surface area contributed by atoms with Crippen molar-refractivity contribution in [2.45, 2.75) is 13.0 Å². The Labute approximate surface area is 95.0 Å². The normalized spacial score (nSPS) is 13.0. The van der Waals surface area contributed by atoms with Crippen LogP contribution in [0.15, 0.2) is 18.2 Å². The molecule has 4 nitrogen and oxygen atoms in total. The first-order chi connectivity index (χ1) is 7.67. The largest absolute Gasteiger partial charge is 0.497 e. The van der Waals surface area contributed by atoms with E-state index in [9.17, 15) is 0 Å². The molecule has 0 aliphatic rings. The minimum atomic E-state index is -0.143. The highest BCUT2D eigenvalue weighted by molar-refractivity contribution is 5.84. The molecule has 0 bridgehead atoms. The van der Waals surface area contributed by atoms with E-state index in [1.54, 1.807) is 7.11 Å². The Kier molecular flexibility index (Phi) is 2.83. The zero-order chi connectivity index (χ0) is 11.7. The number of hydrogen-bond donors (Lipinski definition) is 1. The Morgan fingerprint density at radius 1 is 1.50 bits per heavy atom. The van der Waals surface area contributed by atoms with Gasteiger partial charge in [0.2, 0.25) is 0 Å². The Balaban J connectivity index is 2.65. The Bertz CT molecular complexity index is 504. The van der Waals surface area contributed by atoms with Crippen LogP contribution in [0.1, 0.15) is 18.7 Å². The Hall–Kier alpha value is -1.55. The van der Waals surface area contributed by atoms with Crippen molar-refractivity contribution in [2.75, 3.05) is 7.11 Å². The van der Waals surface area contributed by atoms with Gasteiger partial charge in [-0.2, -0.15) is 5.10 Å². The highest BCUT2D eigenvalue weighted by atomic mass is 16.5. The van der Waals surface area contributed by atoms with E-state index in [1.807, 2.05) is 43.3 Å². The van der Waals surface area contributed by atoms with Gasteiger partial charge in [-0.1, -0.05) is 6.92 Å². The number of ether oxygens (including phenoxy) is 1. The maximum Gasteiger partial charge on any atom is 0.119 e. The van der Waals surface area contributed by atoms with E-state index < -0.39 is 0 Å². The molecule has 1 heterocycles. The van der Waals surface area contributed by atoms with Crippen LogP contribution in [0.3, 0.4) is 0 Å². The fraction of sp³-hybridized carbons (Fsp3) is 0.333. The summed E-state index contributed by atoms with van der Waals surface area (Å²) in [5.74, 6) is 0.824. The molecular weight excluding hydrogens is 202 g/mol. The lowest BCUT2D eigenvalue weighted by molar-refractivity contribution is 0.415. The molecular formula is C12H16N3O. The summed E-state index contributed by atoms with van der Waals surface area (Å²) in [6, 6.07) is 5.75. The molecule has 1 aromatic heterocycles.